The summed E-state index contributed by atoms with van der Waals surface area (Å²) in [4.78, 5) is 25.7. The average Bonchev–Trinajstić information content (AvgIpc) is 2.60. The molecule has 3 atom stereocenters. The number of hydrogen-bond acceptors (Lipinski definition) is 3. The minimum atomic E-state index is -1.14. The van der Waals surface area contributed by atoms with Gasteiger partial charge in [0.25, 0.3) is 0 Å². The Morgan fingerprint density at radius 1 is 1.25 bits per heavy atom. The first kappa shape index (κ1) is 15.1. The molecule has 1 amide bonds. The fourth-order valence-corrected chi connectivity index (χ4v) is 3.58. The van der Waals surface area contributed by atoms with Crippen molar-refractivity contribution < 1.29 is 19.4 Å². The Balaban J connectivity index is 2.29. The molecule has 20 heavy (non-hydrogen) atoms. The van der Waals surface area contributed by atoms with Crippen molar-refractivity contribution in [1.29, 1.82) is 0 Å². The van der Waals surface area contributed by atoms with Crippen molar-refractivity contribution in [1.82, 2.24) is 4.90 Å². The van der Waals surface area contributed by atoms with Crippen molar-refractivity contribution in [2.24, 2.45) is 5.92 Å². The van der Waals surface area contributed by atoms with Crippen LogP contribution in [0.1, 0.15) is 59.8 Å². The molecule has 2 fully saturated rings. The minimum absolute atomic E-state index is 0.0136. The van der Waals surface area contributed by atoms with Crippen LogP contribution >= 0.6 is 0 Å². The van der Waals surface area contributed by atoms with Gasteiger partial charge in [-0.05, 0) is 52.9 Å². The lowest BCUT2D eigenvalue weighted by atomic mass is 9.83. The molecule has 0 aromatic heterocycles. The summed E-state index contributed by atoms with van der Waals surface area (Å²) >= 11 is 0. The second-order valence-corrected chi connectivity index (χ2v) is 7.25. The summed E-state index contributed by atoms with van der Waals surface area (Å²) in [5, 5.41) is 9.59. The molecule has 0 bridgehead atoms. The Morgan fingerprint density at radius 3 is 2.40 bits per heavy atom. The fraction of sp³-hybridized carbons (Fsp3) is 0.867. The number of hydrogen-bond donors (Lipinski definition) is 1. The number of carbonyl (C=O) groups is 2. The van der Waals surface area contributed by atoms with Crippen LogP contribution in [0.2, 0.25) is 0 Å². The van der Waals surface area contributed by atoms with Crippen LogP contribution in [0, 0.1) is 5.92 Å². The molecule has 0 aromatic carbocycles. The summed E-state index contributed by atoms with van der Waals surface area (Å²) in [7, 11) is 0. The summed E-state index contributed by atoms with van der Waals surface area (Å²) in [5.74, 6) is -0.643. The molecule has 1 saturated heterocycles. The highest BCUT2D eigenvalue weighted by Crippen LogP contribution is 2.45. The Hall–Kier alpha value is -1.26. The quantitative estimate of drug-likeness (QED) is 0.803. The van der Waals surface area contributed by atoms with Crippen LogP contribution in [-0.4, -0.2) is 39.3 Å². The lowest BCUT2D eigenvalue weighted by Crippen LogP contribution is -2.55. The third-order valence-corrected chi connectivity index (χ3v) is 4.44. The Labute approximate surface area is 120 Å². The average molecular weight is 283 g/mol. The third kappa shape index (κ3) is 2.63. The molecule has 0 spiro atoms. The molecule has 0 aromatic rings. The number of carbonyl (C=O) groups excluding carboxylic acids is 1. The van der Waals surface area contributed by atoms with Crippen molar-refractivity contribution in [2.75, 3.05) is 0 Å². The van der Waals surface area contributed by atoms with Crippen LogP contribution in [0.4, 0.5) is 4.79 Å². The van der Waals surface area contributed by atoms with E-state index in [0.29, 0.717) is 6.42 Å². The number of fused-ring (bicyclic) bond motifs is 1. The summed E-state index contributed by atoms with van der Waals surface area (Å²) in [6.45, 7) is 7.06. The number of ether oxygens (including phenoxy) is 1. The van der Waals surface area contributed by atoms with Crippen molar-refractivity contribution in [2.45, 2.75) is 77.0 Å². The van der Waals surface area contributed by atoms with E-state index in [1.807, 2.05) is 0 Å². The monoisotopic (exact) mass is 283 g/mol. The highest BCUT2D eigenvalue weighted by atomic mass is 16.6. The minimum Gasteiger partial charge on any atom is -0.480 e. The van der Waals surface area contributed by atoms with Crippen LogP contribution in [0.25, 0.3) is 0 Å². The second-order valence-electron chi connectivity index (χ2n) is 7.25. The molecule has 114 valence electrons. The van der Waals surface area contributed by atoms with Crippen LogP contribution < -0.4 is 0 Å². The first-order chi connectivity index (χ1) is 9.15. The van der Waals surface area contributed by atoms with Crippen LogP contribution in [0.5, 0.6) is 0 Å². The van der Waals surface area contributed by atoms with Crippen molar-refractivity contribution >= 4 is 12.1 Å². The number of aliphatic carboxylic acids is 1. The standard InChI is InChI=1S/C15H25NO4/c1-14(2,3)20-13(19)16-11-8-6-5-7-10(11)9-15(16,4)12(17)18/h10-11H,5-9H2,1-4H3,(H,17,18)/t10-,11-,15-/m0/s1. The number of carboxylic acids is 1. The predicted octanol–water partition coefficient (Wildman–Crippen LogP) is 3.03. The van der Waals surface area contributed by atoms with Gasteiger partial charge in [-0.1, -0.05) is 12.8 Å². The number of amides is 1. The molecule has 1 saturated carbocycles. The zero-order valence-corrected chi connectivity index (χ0v) is 12.8. The maximum Gasteiger partial charge on any atom is 0.411 e. The number of likely N-dealkylation sites (tertiary alicyclic amines) is 1. The van der Waals surface area contributed by atoms with Crippen LogP contribution in [-0.2, 0) is 9.53 Å². The van der Waals surface area contributed by atoms with E-state index in [1.54, 1.807) is 27.7 Å². The van der Waals surface area contributed by atoms with Gasteiger partial charge in [0.2, 0.25) is 0 Å². The Kier molecular flexibility index (Phi) is 3.73. The van der Waals surface area contributed by atoms with E-state index in [2.05, 4.69) is 0 Å². The van der Waals surface area contributed by atoms with Gasteiger partial charge >= 0.3 is 12.1 Å². The SMILES string of the molecule is CC(C)(C)OC(=O)N1[C@H]2CCCC[C@H]2C[C@@]1(C)C(=O)O. The molecule has 1 aliphatic heterocycles. The molecule has 1 heterocycles. The Bertz CT molecular complexity index is 415. The first-order valence-corrected chi connectivity index (χ1v) is 7.41. The van der Waals surface area contributed by atoms with E-state index in [4.69, 9.17) is 4.74 Å². The summed E-state index contributed by atoms with van der Waals surface area (Å²) in [6.07, 6.45) is 4.11. The highest BCUT2D eigenvalue weighted by Gasteiger charge is 2.56. The van der Waals surface area contributed by atoms with Crippen molar-refractivity contribution in [3.63, 3.8) is 0 Å². The molecular formula is C15H25NO4. The largest absolute Gasteiger partial charge is 0.480 e. The number of nitrogens with zero attached hydrogens (tertiary/aromatic N) is 1. The molecular weight excluding hydrogens is 258 g/mol. The van der Waals surface area contributed by atoms with E-state index in [1.165, 1.54) is 4.90 Å². The molecule has 2 aliphatic rings. The van der Waals surface area contributed by atoms with Gasteiger partial charge in [-0.15, -0.1) is 0 Å². The molecule has 1 aliphatic carbocycles. The highest BCUT2D eigenvalue weighted by molar-refractivity contribution is 5.85. The molecule has 0 unspecified atom stereocenters. The summed E-state index contributed by atoms with van der Waals surface area (Å²) in [6, 6.07) is 0.0136. The van der Waals surface area contributed by atoms with E-state index >= 15 is 0 Å². The topological polar surface area (TPSA) is 66.8 Å². The van der Waals surface area contributed by atoms with Gasteiger partial charge in [-0.2, -0.15) is 0 Å². The van der Waals surface area contributed by atoms with Crippen LogP contribution in [0.15, 0.2) is 0 Å². The van der Waals surface area contributed by atoms with E-state index in [0.717, 1.165) is 25.7 Å². The Morgan fingerprint density at radius 2 is 1.85 bits per heavy atom. The lowest BCUT2D eigenvalue weighted by molar-refractivity contribution is -0.149. The van der Waals surface area contributed by atoms with Gasteiger partial charge in [-0.25, -0.2) is 9.59 Å². The normalized spacial score (nSPS) is 33.7. The van der Waals surface area contributed by atoms with Gasteiger partial charge in [0.05, 0.1) is 0 Å². The zero-order valence-electron chi connectivity index (χ0n) is 12.8. The molecule has 1 N–H and O–H groups in total. The lowest BCUT2D eigenvalue weighted by Gasteiger charge is -2.37. The first-order valence-electron chi connectivity index (χ1n) is 7.41. The third-order valence-electron chi connectivity index (χ3n) is 4.44. The van der Waals surface area contributed by atoms with Gasteiger partial charge in [-0.3, -0.25) is 4.90 Å². The van der Waals surface area contributed by atoms with Crippen molar-refractivity contribution in [3.8, 4) is 0 Å². The molecule has 5 heteroatoms. The predicted molar refractivity (Wildman–Crippen MR) is 74.5 cm³/mol. The van der Waals surface area contributed by atoms with E-state index in [-0.39, 0.29) is 12.0 Å². The van der Waals surface area contributed by atoms with Gasteiger partial charge in [0.15, 0.2) is 0 Å². The second kappa shape index (κ2) is 4.93. The zero-order chi connectivity index (χ0) is 15.1. The molecule has 0 radical (unpaired) electrons. The van der Waals surface area contributed by atoms with E-state index in [9.17, 15) is 14.7 Å². The number of carboxylic acid groups (broad SMARTS) is 1. The van der Waals surface area contributed by atoms with E-state index < -0.39 is 23.2 Å². The molecule has 5 nitrogen and oxygen atoms in total. The maximum absolute atomic E-state index is 12.5. The van der Waals surface area contributed by atoms with Crippen LogP contribution in [0.3, 0.4) is 0 Å². The summed E-state index contributed by atoms with van der Waals surface area (Å²) < 4.78 is 5.44. The van der Waals surface area contributed by atoms with Gasteiger partial charge in [0.1, 0.15) is 11.1 Å². The van der Waals surface area contributed by atoms with Crippen molar-refractivity contribution in [3.05, 3.63) is 0 Å². The fourth-order valence-electron chi connectivity index (χ4n) is 3.58. The van der Waals surface area contributed by atoms with Gasteiger partial charge in [0, 0.05) is 6.04 Å². The smallest absolute Gasteiger partial charge is 0.411 e. The van der Waals surface area contributed by atoms with Gasteiger partial charge < -0.3 is 9.84 Å². The molecule has 2 rings (SSSR count). The maximum atomic E-state index is 12.5. The number of rotatable bonds is 1. The summed E-state index contributed by atoms with van der Waals surface area (Å²) in [5.41, 5.74) is -1.74.